The van der Waals surface area contributed by atoms with Gasteiger partial charge in [-0.3, -0.25) is 0 Å². The number of rotatable bonds is 8. The van der Waals surface area contributed by atoms with Crippen molar-refractivity contribution in [1.82, 2.24) is 0 Å². The Kier molecular flexibility index (Phi) is 8.87. The highest BCUT2D eigenvalue weighted by molar-refractivity contribution is 6.06. The minimum absolute atomic E-state index is 0.867. The van der Waals surface area contributed by atoms with Crippen LogP contribution in [-0.2, 0) is 0 Å². The van der Waals surface area contributed by atoms with Crippen LogP contribution in [0.3, 0.4) is 0 Å². The molecule has 0 aliphatic carbocycles. The van der Waals surface area contributed by atoms with Crippen molar-refractivity contribution in [3.8, 4) is 55.6 Å². The van der Waals surface area contributed by atoms with Gasteiger partial charge in [-0.15, -0.1) is 0 Å². The molecule has 2 nitrogen and oxygen atoms in total. The van der Waals surface area contributed by atoms with Crippen molar-refractivity contribution in [3.63, 3.8) is 0 Å². The molecule has 1 heterocycles. The van der Waals surface area contributed by atoms with Gasteiger partial charge in [0.1, 0.15) is 11.2 Å². The number of para-hydroxylation sites is 1. The Morgan fingerprint density at radius 1 is 0.250 bits per heavy atom. The second-order valence-corrected chi connectivity index (χ2v) is 15.3. The number of hydrogen-bond donors (Lipinski definition) is 0. The number of hydrogen-bond acceptors (Lipinski definition) is 2. The summed E-state index contributed by atoms with van der Waals surface area (Å²) in [5.74, 6) is 0. The van der Waals surface area contributed by atoms with Gasteiger partial charge >= 0.3 is 0 Å². The van der Waals surface area contributed by atoms with Crippen molar-refractivity contribution in [1.29, 1.82) is 0 Å². The van der Waals surface area contributed by atoms with E-state index >= 15 is 0 Å². The summed E-state index contributed by atoms with van der Waals surface area (Å²) in [7, 11) is 0. The SMILES string of the molecule is c1ccc(-c2ccc(N(c3ccc4ccc(-c5ccccc5-c5ccccc5-c5ccccc5-c5ccccc5)cc4c3)c3ccc4c(c3)oc3ccccc34)cc2)cc1. The van der Waals surface area contributed by atoms with Crippen LogP contribution in [0, 0.1) is 0 Å². The van der Waals surface area contributed by atoms with Gasteiger partial charge in [0.15, 0.2) is 0 Å². The predicted octanol–water partition coefficient (Wildman–Crippen LogP) is 16.5. The molecule has 0 aliphatic heterocycles. The molecule has 0 bridgehead atoms. The number of benzene rings is 10. The van der Waals surface area contributed by atoms with E-state index in [-0.39, 0.29) is 0 Å². The zero-order chi connectivity index (χ0) is 39.8. The molecule has 0 atom stereocenters. The maximum Gasteiger partial charge on any atom is 0.137 e. The monoisotopic (exact) mass is 765 g/mol. The summed E-state index contributed by atoms with van der Waals surface area (Å²) in [4.78, 5) is 2.34. The first-order chi connectivity index (χ1) is 29.7. The molecular weight excluding hydrogens is 727 g/mol. The fourth-order valence-corrected chi connectivity index (χ4v) is 8.79. The maximum atomic E-state index is 6.41. The van der Waals surface area contributed by atoms with Gasteiger partial charge in [-0.25, -0.2) is 0 Å². The van der Waals surface area contributed by atoms with Crippen molar-refractivity contribution >= 4 is 49.8 Å². The molecule has 0 saturated heterocycles. The van der Waals surface area contributed by atoms with Crippen LogP contribution >= 0.6 is 0 Å². The van der Waals surface area contributed by atoms with E-state index in [0.717, 1.165) is 39.0 Å². The van der Waals surface area contributed by atoms with Gasteiger partial charge in [0.25, 0.3) is 0 Å². The average molecular weight is 766 g/mol. The van der Waals surface area contributed by atoms with E-state index in [1.54, 1.807) is 0 Å². The van der Waals surface area contributed by atoms with Crippen LogP contribution < -0.4 is 4.90 Å². The normalized spacial score (nSPS) is 11.3. The Labute approximate surface area is 349 Å². The molecule has 0 unspecified atom stereocenters. The van der Waals surface area contributed by atoms with Gasteiger partial charge in [0.05, 0.1) is 0 Å². The van der Waals surface area contributed by atoms with Gasteiger partial charge in [-0.1, -0.05) is 182 Å². The number of furan rings is 1. The van der Waals surface area contributed by atoms with E-state index in [1.165, 1.54) is 66.4 Å². The third-order valence-electron chi connectivity index (χ3n) is 11.7. The molecule has 2 heteroatoms. The van der Waals surface area contributed by atoms with Crippen LogP contribution in [0.2, 0.25) is 0 Å². The minimum Gasteiger partial charge on any atom is -0.456 e. The quantitative estimate of drug-likeness (QED) is 0.153. The predicted molar refractivity (Wildman–Crippen MR) is 253 cm³/mol. The Morgan fingerprint density at radius 2 is 0.700 bits per heavy atom. The van der Waals surface area contributed by atoms with Crippen LogP contribution in [0.1, 0.15) is 0 Å². The van der Waals surface area contributed by atoms with E-state index in [1.807, 2.05) is 12.1 Å². The van der Waals surface area contributed by atoms with Crippen LogP contribution in [0.25, 0.3) is 88.3 Å². The molecule has 0 radical (unpaired) electrons. The first kappa shape index (κ1) is 35.2. The molecule has 0 spiro atoms. The average Bonchev–Trinajstić information content (AvgIpc) is 3.70. The lowest BCUT2D eigenvalue weighted by Gasteiger charge is -2.26. The van der Waals surface area contributed by atoms with Crippen molar-refractivity contribution in [2.24, 2.45) is 0 Å². The highest BCUT2D eigenvalue weighted by atomic mass is 16.3. The summed E-state index contributed by atoms with van der Waals surface area (Å²) >= 11 is 0. The molecule has 1 aromatic heterocycles. The molecule has 11 rings (SSSR count). The molecule has 282 valence electrons. The van der Waals surface area contributed by atoms with Crippen LogP contribution in [0.5, 0.6) is 0 Å². The molecule has 0 amide bonds. The zero-order valence-electron chi connectivity index (χ0n) is 32.9. The van der Waals surface area contributed by atoms with Gasteiger partial charge in [-0.05, 0) is 115 Å². The molecule has 60 heavy (non-hydrogen) atoms. The standard InChI is InChI=1S/C58H39NO/c1-3-15-40(16-4-1)41-29-32-46(33-30-41)59(48-35-36-56-55-25-13-14-26-57(55)60-58(56)39-48)47-34-31-42-27-28-44(37-45(42)38-47)50-20-8-10-22-52(50)54-24-12-11-23-53(54)51-21-9-7-19-49(51)43-17-5-2-6-18-43/h1-39H. The maximum absolute atomic E-state index is 6.41. The Morgan fingerprint density at radius 3 is 1.38 bits per heavy atom. The van der Waals surface area contributed by atoms with Crippen molar-refractivity contribution in [2.75, 3.05) is 4.90 Å². The number of fused-ring (bicyclic) bond motifs is 4. The zero-order valence-corrected chi connectivity index (χ0v) is 32.9. The second-order valence-electron chi connectivity index (χ2n) is 15.3. The summed E-state index contributed by atoms with van der Waals surface area (Å²) in [6.07, 6.45) is 0. The van der Waals surface area contributed by atoms with Gasteiger partial charge in [0, 0.05) is 33.9 Å². The molecule has 0 N–H and O–H groups in total. The third kappa shape index (κ3) is 6.41. The molecule has 0 fully saturated rings. The fraction of sp³-hybridized carbons (Fsp3) is 0. The van der Waals surface area contributed by atoms with E-state index < -0.39 is 0 Å². The van der Waals surface area contributed by atoms with Gasteiger partial charge in [-0.2, -0.15) is 0 Å². The third-order valence-corrected chi connectivity index (χ3v) is 11.7. The van der Waals surface area contributed by atoms with Gasteiger partial charge in [0.2, 0.25) is 0 Å². The summed E-state index contributed by atoms with van der Waals surface area (Å²) in [5.41, 5.74) is 16.9. The second kappa shape index (κ2) is 15.1. The van der Waals surface area contributed by atoms with Crippen LogP contribution in [-0.4, -0.2) is 0 Å². The Bertz CT molecular complexity index is 3310. The summed E-state index contributed by atoms with van der Waals surface area (Å²) in [6.45, 7) is 0. The summed E-state index contributed by atoms with van der Waals surface area (Å²) in [5, 5.41) is 4.59. The molecule has 0 aliphatic rings. The summed E-state index contributed by atoms with van der Waals surface area (Å²) < 4.78 is 6.41. The van der Waals surface area contributed by atoms with E-state index in [4.69, 9.17) is 4.42 Å². The fourth-order valence-electron chi connectivity index (χ4n) is 8.79. The van der Waals surface area contributed by atoms with E-state index in [9.17, 15) is 0 Å². The topological polar surface area (TPSA) is 16.4 Å². The molecule has 0 saturated carbocycles. The molecule has 10 aromatic carbocycles. The Balaban J connectivity index is 1.03. The minimum atomic E-state index is 0.867. The lowest BCUT2D eigenvalue weighted by molar-refractivity contribution is 0.669. The number of nitrogens with zero attached hydrogens (tertiary/aromatic N) is 1. The van der Waals surface area contributed by atoms with E-state index in [0.29, 0.717) is 0 Å². The van der Waals surface area contributed by atoms with E-state index in [2.05, 4.69) is 229 Å². The van der Waals surface area contributed by atoms with Crippen molar-refractivity contribution in [3.05, 3.63) is 237 Å². The summed E-state index contributed by atoms with van der Waals surface area (Å²) in [6, 6.07) is 84.9. The van der Waals surface area contributed by atoms with Crippen LogP contribution in [0.4, 0.5) is 17.1 Å². The lowest BCUT2D eigenvalue weighted by atomic mass is 9.86. The molecular formula is C58H39NO. The largest absolute Gasteiger partial charge is 0.456 e. The highest BCUT2D eigenvalue weighted by Crippen LogP contribution is 2.44. The van der Waals surface area contributed by atoms with Crippen molar-refractivity contribution < 1.29 is 4.42 Å². The molecule has 11 aromatic rings. The van der Waals surface area contributed by atoms with Crippen LogP contribution in [0.15, 0.2) is 241 Å². The number of anilines is 3. The smallest absolute Gasteiger partial charge is 0.137 e. The Hall–Kier alpha value is -7.94. The van der Waals surface area contributed by atoms with Crippen molar-refractivity contribution in [2.45, 2.75) is 0 Å². The highest BCUT2D eigenvalue weighted by Gasteiger charge is 2.18. The lowest BCUT2D eigenvalue weighted by Crippen LogP contribution is -2.09. The van der Waals surface area contributed by atoms with Gasteiger partial charge < -0.3 is 9.32 Å². The first-order valence-corrected chi connectivity index (χ1v) is 20.5. The first-order valence-electron chi connectivity index (χ1n) is 20.5.